The van der Waals surface area contributed by atoms with Crippen molar-refractivity contribution in [3.8, 4) is 5.75 Å². The van der Waals surface area contributed by atoms with Crippen molar-refractivity contribution in [2.24, 2.45) is 5.92 Å². The van der Waals surface area contributed by atoms with Crippen molar-refractivity contribution in [1.82, 2.24) is 0 Å². The zero-order chi connectivity index (χ0) is 12.0. The van der Waals surface area contributed by atoms with Gasteiger partial charge in [0.1, 0.15) is 18.6 Å². The van der Waals surface area contributed by atoms with Crippen LogP contribution in [0.25, 0.3) is 0 Å². The Bertz CT molecular complexity index is 321. The van der Waals surface area contributed by atoms with Crippen LogP contribution >= 0.6 is 11.6 Å². The number of carbonyl (C=O) groups excluding carboxylic acids is 1. The molecule has 0 unspecified atom stereocenters. The Morgan fingerprint density at radius 1 is 1.38 bits per heavy atom. The summed E-state index contributed by atoms with van der Waals surface area (Å²) in [5.74, 6) is 1.19. The fourth-order valence-electron chi connectivity index (χ4n) is 1.24. The third kappa shape index (κ3) is 3.86. The van der Waals surface area contributed by atoms with Crippen molar-refractivity contribution >= 4 is 17.9 Å². The van der Waals surface area contributed by atoms with Crippen LogP contribution < -0.4 is 4.74 Å². The minimum atomic E-state index is 0.0238. The molecular weight excluding hydrogens is 224 g/mol. The highest BCUT2D eigenvalue weighted by atomic mass is 35.5. The van der Waals surface area contributed by atoms with E-state index in [0.717, 1.165) is 18.5 Å². The summed E-state index contributed by atoms with van der Waals surface area (Å²) in [5.41, 5.74) is 0.650. The molecule has 0 aliphatic rings. The third-order valence-electron chi connectivity index (χ3n) is 2.69. The second kappa shape index (κ2) is 6.54. The van der Waals surface area contributed by atoms with Gasteiger partial charge < -0.3 is 4.74 Å². The van der Waals surface area contributed by atoms with Gasteiger partial charge in [0.05, 0.1) is 5.38 Å². The number of alkyl halides is 1. The van der Waals surface area contributed by atoms with Crippen molar-refractivity contribution in [2.45, 2.75) is 25.6 Å². The zero-order valence-corrected chi connectivity index (χ0v) is 10.4. The van der Waals surface area contributed by atoms with Gasteiger partial charge in [0.15, 0.2) is 0 Å². The molecule has 3 heteroatoms. The first-order valence-corrected chi connectivity index (χ1v) is 5.93. The first-order chi connectivity index (χ1) is 7.67. The van der Waals surface area contributed by atoms with Crippen LogP contribution in [0.15, 0.2) is 24.3 Å². The standard InChI is InChI=1S/C13H17ClO2/c1-3-10(2)13(14)9-16-12-6-4-11(8-15)5-7-12/h4-8,10,13H,3,9H2,1-2H3/t10-,13+/m0/s1. The van der Waals surface area contributed by atoms with Gasteiger partial charge in [0.2, 0.25) is 0 Å². The summed E-state index contributed by atoms with van der Waals surface area (Å²) in [5, 5.41) is 0.0238. The molecule has 2 nitrogen and oxygen atoms in total. The van der Waals surface area contributed by atoms with Gasteiger partial charge in [-0.05, 0) is 30.2 Å². The van der Waals surface area contributed by atoms with Gasteiger partial charge in [-0.2, -0.15) is 0 Å². The Balaban J connectivity index is 2.45. The molecule has 0 amide bonds. The third-order valence-corrected chi connectivity index (χ3v) is 3.24. The molecule has 1 aromatic carbocycles. The monoisotopic (exact) mass is 240 g/mol. The lowest BCUT2D eigenvalue weighted by Crippen LogP contribution is -2.19. The van der Waals surface area contributed by atoms with Crippen LogP contribution in [0.2, 0.25) is 0 Å². The SMILES string of the molecule is CC[C@H](C)[C@H](Cl)COc1ccc(C=O)cc1. The number of benzene rings is 1. The number of carbonyl (C=O) groups is 1. The van der Waals surface area contributed by atoms with Gasteiger partial charge in [-0.25, -0.2) is 0 Å². The predicted octanol–water partition coefficient (Wildman–Crippen LogP) is 3.53. The quantitative estimate of drug-likeness (QED) is 0.562. The molecule has 0 aromatic heterocycles. The Morgan fingerprint density at radius 2 is 2.00 bits per heavy atom. The van der Waals surface area contributed by atoms with E-state index in [4.69, 9.17) is 16.3 Å². The van der Waals surface area contributed by atoms with Crippen LogP contribution in [-0.4, -0.2) is 18.3 Å². The van der Waals surface area contributed by atoms with E-state index in [1.165, 1.54) is 0 Å². The smallest absolute Gasteiger partial charge is 0.150 e. The molecule has 0 bridgehead atoms. The molecule has 0 fully saturated rings. The Kier molecular flexibility index (Phi) is 5.33. The fraction of sp³-hybridized carbons (Fsp3) is 0.462. The van der Waals surface area contributed by atoms with Crippen molar-refractivity contribution in [2.75, 3.05) is 6.61 Å². The van der Waals surface area contributed by atoms with Gasteiger partial charge in [-0.3, -0.25) is 4.79 Å². The molecule has 0 aliphatic heterocycles. The van der Waals surface area contributed by atoms with E-state index in [-0.39, 0.29) is 5.38 Å². The molecule has 0 radical (unpaired) electrons. The van der Waals surface area contributed by atoms with Crippen molar-refractivity contribution < 1.29 is 9.53 Å². The normalized spacial score (nSPS) is 14.2. The summed E-state index contributed by atoms with van der Waals surface area (Å²) in [4.78, 5) is 10.5. The minimum absolute atomic E-state index is 0.0238. The number of rotatable bonds is 6. The topological polar surface area (TPSA) is 26.3 Å². The minimum Gasteiger partial charge on any atom is -0.492 e. The van der Waals surface area contributed by atoms with Gasteiger partial charge in [-0.15, -0.1) is 11.6 Å². The summed E-state index contributed by atoms with van der Waals surface area (Å²) in [6.45, 7) is 4.71. The number of hydrogen-bond donors (Lipinski definition) is 0. The zero-order valence-electron chi connectivity index (χ0n) is 9.65. The van der Waals surface area contributed by atoms with E-state index in [1.807, 2.05) is 0 Å². The van der Waals surface area contributed by atoms with Crippen molar-refractivity contribution in [3.63, 3.8) is 0 Å². The van der Waals surface area contributed by atoms with Crippen LogP contribution in [0.5, 0.6) is 5.75 Å². The van der Waals surface area contributed by atoms with E-state index in [2.05, 4.69) is 13.8 Å². The highest BCUT2D eigenvalue weighted by molar-refractivity contribution is 6.20. The molecule has 0 spiro atoms. The Morgan fingerprint density at radius 3 is 2.50 bits per heavy atom. The lowest BCUT2D eigenvalue weighted by molar-refractivity contribution is 0.112. The molecule has 88 valence electrons. The van der Waals surface area contributed by atoms with Crippen LogP contribution in [0.4, 0.5) is 0 Å². The summed E-state index contributed by atoms with van der Waals surface area (Å²) < 4.78 is 5.54. The van der Waals surface area contributed by atoms with Crippen LogP contribution in [0, 0.1) is 5.92 Å². The average molecular weight is 241 g/mol. The van der Waals surface area contributed by atoms with Gasteiger partial charge >= 0.3 is 0 Å². The molecular formula is C13H17ClO2. The molecule has 16 heavy (non-hydrogen) atoms. The molecule has 0 heterocycles. The first kappa shape index (κ1) is 13.0. The van der Waals surface area contributed by atoms with E-state index in [0.29, 0.717) is 18.1 Å². The molecule has 0 aliphatic carbocycles. The lowest BCUT2D eigenvalue weighted by Gasteiger charge is -2.16. The number of halogens is 1. The predicted molar refractivity (Wildman–Crippen MR) is 66.4 cm³/mol. The largest absolute Gasteiger partial charge is 0.492 e. The van der Waals surface area contributed by atoms with Crippen molar-refractivity contribution in [3.05, 3.63) is 29.8 Å². The van der Waals surface area contributed by atoms with Gasteiger partial charge in [-0.1, -0.05) is 20.3 Å². The highest BCUT2D eigenvalue weighted by Crippen LogP contribution is 2.17. The van der Waals surface area contributed by atoms with E-state index < -0.39 is 0 Å². The molecule has 1 rings (SSSR count). The number of hydrogen-bond acceptors (Lipinski definition) is 2. The van der Waals surface area contributed by atoms with Gasteiger partial charge in [0, 0.05) is 5.56 Å². The number of aldehydes is 1. The fourth-order valence-corrected chi connectivity index (χ4v) is 1.48. The lowest BCUT2D eigenvalue weighted by atomic mass is 10.1. The Labute approximate surface area is 102 Å². The summed E-state index contributed by atoms with van der Waals surface area (Å²) in [6.07, 6.45) is 1.86. The van der Waals surface area contributed by atoms with Crippen LogP contribution in [0.1, 0.15) is 30.6 Å². The molecule has 0 saturated carbocycles. The maximum absolute atomic E-state index is 10.5. The van der Waals surface area contributed by atoms with E-state index >= 15 is 0 Å². The van der Waals surface area contributed by atoms with Crippen LogP contribution in [0.3, 0.4) is 0 Å². The van der Waals surface area contributed by atoms with Crippen molar-refractivity contribution in [1.29, 1.82) is 0 Å². The van der Waals surface area contributed by atoms with E-state index in [1.54, 1.807) is 24.3 Å². The average Bonchev–Trinajstić information content (AvgIpc) is 2.35. The van der Waals surface area contributed by atoms with Gasteiger partial charge in [0.25, 0.3) is 0 Å². The second-order valence-electron chi connectivity index (χ2n) is 3.90. The molecule has 0 N–H and O–H groups in total. The van der Waals surface area contributed by atoms with E-state index in [9.17, 15) is 4.79 Å². The summed E-state index contributed by atoms with van der Waals surface area (Å²) in [7, 11) is 0. The molecule has 2 atom stereocenters. The second-order valence-corrected chi connectivity index (χ2v) is 4.46. The van der Waals surface area contributed by atoms with Crippen LogP contribution in [-0.2, 0) is 0 Å². The molecule has 1 aromatic rings. The summed E-state index contributed by atoms with van der Waals surface area (Å²) >= 11 is 6.16. The Hall–Kier alpha value is -1.02. The summed E-state index contributed by atoms with van der Waals surface area (Å²) in [6, 6.07) is 7.03. The first-order valence-electron chi connectivity index (χ1n) is 5.49. The maximum Gasteiger partial charge on any atom is 0.150 e. The highest BCUT2D eigenvalue weighted by Gasteiger charge is 2.12. The number of ether oxygens (including phenoxy) is 1. The molecule has 0 saturated heterocycles. The maximum atomic E-state index is 10.5.